The van der Waals surface area contributed by atoms with Crippen LogP contribution in [0, 0.1) is 0 Å². The Labute approximate surface area is 87.1 Å². The van der Waals surface area contributed by atoms with Crippen molar-refractivity contribution in [3.8, 4) is 0 Å². The van der Waals surface area contributed by atoms with Crippen molar-refractivity contribution in [1.82, 2.24) is 19.8 Å². The van der Waals surface area contributed by atoms with Gasteiger partial charge in [-0.05, 0) is 0 Å². The van der Waals surface area contributed by atoms with Crippen molar-refractivity contribution in [3.63, 3.8) is 0 Å². The molecule has 1 aliphatic rings. The molecule has 0 atom stereocenters. The minimum absolute atomic E-state index is 0.359. The second-order valence-corrected chi connectivity index (χ2v) is 3.34. The summed E-state index contributed by atoms with van der Waals surface area (Å²) in [6.07, 6.45) is 0. The number of ether oxygens (including phenoxy) is 1. The highest BCUT2D eigenvalue weighted by Gasteiger charge is 2.15. The predicted molar refractivity (Wildman–Crippen MR) is 54.1 cm³/mol. The van der Waals surface area contributed by atoms with Crippen LogP contribution >= 0.6 is 0 Å². The molecular weight excluding hydrogens is 198 g/mol. The van der Waals surface area contributed by atoms with E-state index in [4.69, 9.17) is 16.4 Å². The summed E-state index contributed by atoms with van der Waals surface area (Å²) in [6, 6.07) is 0. The van der Waals surface area contributed by atoms with E-state index in [-0.39, 0.29) is 0 Å². The van der Waals surface area contributed by atoms with Crippen LogP contribution < -0.4 is 17.1 Å². The molecule has 1 aromatic rings. The Morgan fingerprint density at radius 2 is 2.07 bits per heavy atom. The number of nitrogens with one attached hydrogen (secondary N) is 1. The predicted octanol–water partition coefficient (Wildman–Crippen LogP) is -1.89. The molecule has 0 aromatic carbocycles. The SMILES string of the molecule is NNc1nnc(CN2CCOCC2)n1N. The monoisotopic (exact) mass is 213 g/mol. The Balaban J connectivity index is 2.00. The second kappa shape index (κ2) is 4.43. The van der Waals surface area contributed by atoms with Gasteiger partial charge in [-0.2, -0.15) is 0 Å². The Bertz CT molecular complexity index is 319. The Morgan fingerprint density at radius 3 is 2.67 bits per heavy atom. The van der Waals surface area contributed by atoms with Gasteiger partial charge in [-0.1, -0.05) is 0 Å². The van der Waals surface area contributed by atoms with Crippen molar-refractivity contribution in [2.45, 2.75) is 6.54 Å². The lowest BCUT2D eigenvalue weighted by atomic mass is 10.4. The molecule has 0 unspecified atom stereocenters. The molecule has 1 fully saturated rings. The first-order valence-electron chi connectivity index (χ1n) is 4.77. The van der Waals surface area contributed by atoms with Gasteiger partial charge in [-0.3, -0.25) is 10.3 Å². The van der Waals surface area contributed by atoms with E-state index in [1.54, 1.807) is 0 Å². The smallest absolute Gasteiger partial charge is 0.257 e. The first kappa shape index (κ1) is 10.1. The third kappa shape index (κ3) is 2.17. The van der Waals surface area contributed by atoms with E-state index in [1.165, 1.54) is 4.68 Å². The maximum atomic E-state index is 5.72. The molecule has 8 heteroatoms. The van der Waals surface area contributed by atoms with Gasteiger partial charge in [0.15, 0.2) is 5.82 Å². The largest absolute Gasteiger partial charge is 0.379 e. The fourth-order valence-corrected chi connectivity index (χ4v) is 1.49. The molecule has 1 aromatic heterocycles. The highest BCUT2D eigenvalue weighted by molar-refractivity contribution is 5.23. The van der Waals surface area contributed by atoms with E-state index in [0.717, 1.165) is 26.3 Å². The zero-order valence-corrected chi connectivity index (χ0v) is 8.39. The average molecular weight is 213 g/mol. The lowest BCUT2D eigenvalue weighted by Gasteiger charge is -2.25. The molecular formula is C7H15N7O. The van der Waals surface area contributed by atoms with Gasteiger partial charge in [0, 0.05) is 13.1 Å². The first-order valence-corrected chi connectivity index (χ1v) is 4.77. The summed E-state index contributed by atoms with van der Waals surface area (Å²) >= 11 is 0. The van der Waals surface area contributed by atoms with Crippen LogP contribution in [0.15, 0.2) is 0 Å². The summed E-state index contributed by atoms with van der Waals surface area (Å²) in [4.78, 5) is 2.21. The Kier molecular flexibility index (Phi) is 2.99. The van der Waals surface area contributed by atoms with E-state index < -0.39 is 0 Å². The van der Waals surface area contributed by atoms with Crippen molar-refractivity contribution >= 4 is 5.95 Å². The first-order chi connectivity index (χ1) is 7.31. The number of aromatic nitrogens is 3. The zero-order chi connectivity index (χ0) is 10.7. The summed E-state index contributed by atoms with van der Waals surface area (Å²) in [7, 11) is 0. The minimum atomic E-state index is 0.359. The van der Waals surface area contributed by atoms with Crippen LogP contribution in [-0.2, 0) is 11.3 Å². The van der Waals surface area contributed by atoms with E-state index >= 15 is 0 Å². The Hall–Kier alpha value is -1.38. The quantitative estimate of drug-likeness (QED) is 0.398. The summed E-state index contributed by atoms with van der Waals surface area (Å²) in [5.74, 6) is 12.0. The number of hydrogen-bond donors (Lipinski definition) is 3. The number of rotatable bonds is 3. The van der Waals surface area contributed by atoms with E-state index in [1.807, 2.05) is 0 Å². The molecule has 5 N–H and O–H groups in total. The number of nitrogens with two attached hydrogens (primary N) is 2. The standard InChI is InChI=1S/C7H15N7O/c8-10-7-12-11-6(14(7)9)5-13-1-3-15-4-2-13/h1-5,8-9H2,(H,10,12). The summed E-state index contributed by atoms with van der Waals surface area (Å²) < 4.78 is 6.60. The fourth-order valence-electron chi connectivity index (χ4n) is 1.49. The van der Waals surface area contributed by atoms with Crippen LogP contribution in [-0.4, -0.2) is 46.1 Å². The van der Waals surface area contributed by atoms with Crippen LogP contribution in [0.1, 0.15) is 5.82 Å². The maximum Gasteiger partial charge on any atom is 0.257 e. The van der Waals surface area contributed by atoms with Gasteiger partial charge in [0.05, 0.1) is 19.8 Å². The van der Waals surface area contributed by atoms with E-state index in [2.05, 4.69) is 20.5 Å². The normalized spacial score (nSPS) is 17.9. The van der Waals surface area contributed by atoms with Crippen molar-refractivity contribution in [1.29, 1.82) is 0 Å². The van der Waals surface area contributed by atoms with Crippen LogP contribution in [0.2, 0.25) is 0 Å². The third-order valence-electron chi connectivity index (χ3n) is 2.36. The lowest BCUT2D eigenvalue weighted by Crippen LogP contribution is -2.37. The van der Waals surface area contributed by atoms with Crippen LogP contribution in [0.25, 0.3) is 0 Å². The summed E-state index contributed by atoms with van der Waals surface area (Å²) in [6.45, 7) is 3.94. The molecule has 1 aliphatic heterocycles. The fraction of sp³-hybridized carbons (Fsp3) is 0.714. The van der Waals surface area contributed by atoms with E-state index in [9.17, 15) is 0 Å². The van der Waals surface area contributed by atoms with Crippen LogP contribution in [0.4, 0.5) is 5.95 Å². The zero-order valence-electron chi connectivity index (χ0n) is 8.39. The molecule has 1 saturated heterocycles. The van der Waals surface area contributed by atoms with E-state index in [0.29, 0.717) is 18.3 Å². The van der Waals surface area contributed by atoms with Crippen molar-refractivity contribution in [3.05, 3.63) is 5.82 Å². The topological polar surface area (TPSA) is 107 Å². The molecule has 0 radical (unpaired) electrons. The molecule has 0 bridgehead atoms. The molecule has 0 spiro atoms. The minimum Gasteiger partial charge on any atom is -0.379 e. The number of hydrogen-bond acceptors (Lipinski definition) is 7. The number of nitrogen functional groups attached to an aromatic ring is 2. The third-order valence-corrected chi connectivity index (χ3v) is 2.36. The second-order valence-electron chi connectivity index (χ2n) is 3.34. The number of morpholine rings is 1. The molecule has 15 heavy (non-hydrogen) atoms. The molecule has 2 rings (SSSR count). The highest BCUT2D eigenvalue weighted by Crippen LogP contribution is 2.06. The molecule has 0 amide bonds. The van der Waals surface area contributed by atoms with Gasteiger partial charge < -0.3 is 10.6 Å². The van der Waals surface area contributed by atoms with Gasteiger partial charge >= 0.3 is 0 Å². The van der Waals surface area contributed by atoms with Crippen molar-refractivity contribution < 1.29 is 4.74 Å². The number of hydrazine groups is 1. The molecule has 8 nitrogen and oxygen atoms in total. The average Bonchev–Trinajstić information content (AvgIpc) is 2.62. The molecule has 2 heterocycles. The Morgan fingerprint density at radius 1 is 1.33 bits per heavy atom. The van der Waals surface area contributed by atoms with Crippen molar-refractivity contribution in [2.75, 3.05) is 37.6 Å². The number of anilines is 1. The highest BCUT2D eigenvalue weighted by atomic mass is 16.5. The lowest BCUT2D eigenvalue weighted by molar-refractivity contribution is 0.0327. The van der Waals surface area contributed by atoms with Gasteiger partial charge in [0.1, 0.15) is 0 Å². The van der Waals surface area contributed by atoms with Crippen LogP contribution in [0.3, 0.4) is 0 Å². The van der Waals surface area contributed by atoms with Gasteiger partial charge in [0.2, 0.25) is 0 Å². The van der Waals surface area contributed by atoms with Crippen LogP contribution in [0.5, 0.6) is 0 Å². The van der Waals surface area contributed by atoms with Gasteiger partial charge in [-0.15, -0.1) is 10.2 Å². The van der Waals surface area contributed by atoms with Gasteiger partial charge in [0.25, 0.3) is 5.95 Å². The number of nitrogens with zero attached hydrogens (tertiary/aromatic N) is 4. The van der Waals surface area contributed by atoms with Crippen molar-refractivity contribution in [2.24, 2.45) is 5.84 Å². The molecule has 0 aliphatic carbocycles. The summed E-state index contributed by atoms with van der Waals surface area (Å²) in [5, 5.41) is 7.74. The summed E-state index contributed by atoms with van der Waals surface area (Å²) in [5.41, 5.74) is 2.37. The molecule has 84 valence electrons. The maximum absolute atomic E-state index is 5.72. The molecule has 0 saturated carbocycles. The van der Waals surface area contributed by atoms with Gasteiger partial charge in [-0.25, -0.2) is 10.5 Å².